The summed E-state index contributed by atoms with van der Waals surface area (Å²) < 4.78 is 9.94. The largest absolute Gasteiger partial charge is 0.497 e. The minimum atomic E-state index is -0.266. The van der Waals surface area contributed by atoms with E-state index in [1.165, 1.54) is 26.4 Å². The Morgan fingerprint density at radius 1 is 1.00 bits per heavy atom. The summed E-state index contributed by atoms with van der Waals surface area (Å²) in [4.78, 5) is 26.5. The van der Waals surface area contributed by atoms with Crippen molar-refractivity contribution in [2.45, 2.75) is 63.8 Å². The van der Waals surface area contributed by atoms with Crippen LogP contribution in [0.2, 0.25) is 0 Å². The van der Waals surface area contributed by atoms with Crippen LogP contribution in [-0.2, 0) is 20.7 Å². The fourth-order valence-corrected chi connectivity index (χ4v) is 3.59. The molecule has 2 rings (SSSR count). The zero-order valence-electron chi connectivity index (χ0n) is 16.0. The molecule has 1 amide bonds. The van der Waals surface area contributed by atoms with Crippen LogP contribution in [0.1, 0.15) is 56.9 Å². The van der Waals surface area contributed by atoms with E-state index in [4.69, 9.17) is 9.47 Å². The fraction of sp³-hybridized carbons (Fsp3) is 0.619. The van der Waals surface area contributed by atoms with Gasteiger partial charge in [-0.15, -0.1) is 0 Å². The van der Waals surface area contributed by atoms with E-state index in [-0.39, 0.29) is 24.3 Å². The standard InChI is InChI=1S/C21H31NO4/c1-25-19-12-10-17(11-13-19)16-20(23)22(15-14-21(24)26-2)18-8-6-4-3-5-7-9-18/h10-13,18H,3-9,14-16H2,1-2H3. The number of hydrogen-bond donors (Lipinski definition) is 0. The molecule has 0 aromatic heterocycles. The van der Waals surface area contributed by atoms with Gasteiger partial charge in [0.25, 0.3) is 0 Å². The summed E-state index contributed by atoms with van der Waals surface area (Å²) in [6.07, 6.45) is 8.69. The van der Waals surface area contributed by atoms with Crippen LogP contribution >= 0.6 is 0 Å². The molecule has 1 aliphatic carbocycles. The number of rotatable bonds is 7. The summed E-state index contributed by atoms with van der Waals surface area (Å²) in [5.74, 6) is 0.603. The first kappa shape index (κ1) is 20.3. The lowest BCUT2D eigenvalue weighted by Crippen LogP contribution is -2.42. The first-order valence-corrected chi connectivity index (χ1v) is 9.63. The summed E-state index contributed by atoms with van der Waals surface area (Å²) >= 11 is 0. The Bertz CT molecular complexity index is 562. The number of amides is 1. The van der Waals surface area contributed by atoms with Crippen molar-refractivity contribution in [3.63, 3.8) is 0 Å². The van der Waals surface area contributed by atoms with Crippen molar-refractivity contribution in [1.29, 1.82) is 0 Å². The van der Waals surface area contributed by atoms with Gasteiger partial charge in [-0.2, -0.15) is 0 Å². The van der Waals surface area contributed by atoms with Gasteiger partial charge in [0.1, 0.15) is 5.75 Å². The van der Waals surface area contributed by atoms with Crippen LogP contribution in [0.5, 0.6) is 5.75 Å². The molecule has 1 aromatic carbocycles. The van der Waals surface area contributed by atoms with Crippen LogP contribution in [-0.4, -0.2) is 43.6 Å². The van der Waals surface area contributed by atoms with Crippen LogP contribution in [0.25, 0.3) is 0 Å². The van der Waals surface area contributed by atoms with E-state index in [0.29, 0.717) is 13.0 Å². The van der Waals surface area contributed by atoms with Crippen LogP contribution < -0.4 is 4.74 Å². The minimum absolute atomic E-state index is 0.0876. The monoisotopic (exact) mass is 361 g/mol. The number of carbonyl (C=O) groups is 2. The first-order valence-electron chi connectivity index (χ1n) is 9.63. The maximum atomic E-state index is 13.0. The third-order valence-electron chi connectivity index (χ3n) is 5.13. The maximum Gasteiger partial charge on any atom is 0.307 e. The van der Waals surface area contributed by atoms with Crippen LogP contribution in [0.3, 0.4) is 0 Å². The lowest BCUT2D eigenvalue weighted by Gasteiger charge is -2.33. The van der Waals surface area contributed by atoms with Crippen LogP contribution in [0, 0.1) is 0 Å². The smallest absolute Gasteiger partial charge is 0.307 e. The summed E-state index contributed by atoms with van der Waals surface area (Å²) in [6, 6.07) is 7.82. The molecule has 0 radical (unpaired) electrons. The molecule has 1 fully saturated rings. The summed E-state index contributed by atoms with van der Waals surface area (Å²) in [6.45, 7) is 0.437. The number of carbonyl (C=O) groups excluding carboxylic acids is 2. The van der Waals surface area contributed by atoms with Crippen molar-refractivity contribution in [3.05, 3.63) is 29.8 Å². The molecule has 1 saturated carbocycles. The van der Waals surface area contributed by atoms with E-state index in [0.717, 1.165) is 37.0 Å². The van der Waals surface area contributed by atoms with Gasteiger partial charge in [-0.3, -0.25) is 9.59 Å². The average Bonchev–Trinajstić information content (AvgIpc) is 2.63. The predicted octanol–water partition coefficient (Wildman–Crippen LogP) is 3.74. The van der Waals surface area contributed by atoms with Crippen molar-refractivity contribution in [2.24, 2.45) is 0 Å². The second kappa shape index (κ2) is 10.8. The first-order chi connectivity index (χ1) is 12.6. The maximum absolute atomic E-state index is 13.0. The van der Waals surface area contributed by atoms with Gasteiger partial charge in [0.2, 0.25) is 5.91 Å². The zero-order valence-corrected chi connectivity index (χ0v) is 16.0. The summed E-state index contributed by atoms with van der Waals surface area (Å²) in [5, 5.41) is 0. The number of esters is 1. The molecule has 26 heavy (non-hydrogen) atoms. The van der Waals surface area contributed by atoms with E-state index in [9.17, 15) is 9.59 Å². The number of hydrogen-bond acceptors (Lipinski definition) is 4. The topological polar surface area (TPSA) is 55.8 Å². The van der Waals surface area contributed by atoms with Crippen molar-refractivity contribution in [2.75, 3.05) is 20.8 Å². The Balaban J connectivity index is 2.06. The second-order valence-corrected chi connectivity index (χ2v) is 6.94. The molecule has 0 saturated heterocycles. The molecule has 0 N–H and O–H groups in total. The lowest BCUT2D eigenvalue weighted by molar-refractivity contribution is -0.142. The molecule has 144 valence electrons. The van der Waals surface area contributed by atoms with Gasteiger partial charge < -0.3 is 14.4 Å². The van der Waals surface area contributed by atoms with Gasteiger partial charge in [-0.25, -0.2) is 0 Å². The average molecular weight is 361 g/mol. The Hall–Kier alpha value is -2.04. The van der Waals surface area contributed by atoms with Crippen molar-refractivity contribution in [1.82, 2.24) is 4.90 Å². The Labute approximate surface area is 156 Å². The molecular weight excluding hydrogens is 330 g/mol. The van der Waals surface area contributed by atoms with E-state index in [2.05, 4.69) is 0 Å². The van der Waals surface area contributed by atoms with E-state index in [1.807, 2.05) is 29.2 Å². The molecule has 0 atom stereocenters. The third-order valence-corrected chi connectivity index (χ3v) is 5.13. The Morgan fingerprint density at radius 2 is 1.62 bits per heavy atom. The second-order valence-electron chi connectivity index (χ2n) is 6.94. The molecule has 5 nitrogen and oxygen atoms in total. The quantitative estimate of drug-likeness (QED) is 0.694. The SMILES string of the molecule is COC(=O)CCN(C(=O)Cc1ccc(OC)cc1)C1CCCCCCC1. The van der Waals surface area contributed by atoms with E-state index >= 15 is 0 Å². The van der Waals surface area contributed by atoms with Crippen molar-refractivity contribution in [3.8, 4) is 5.75 Å². The molecule has 0 heterocycles. The highest BCUT2D eigenvalue weighted by atomic mass is 16.5. The highest BCUT2D eigenvalue weighted by Gasteiger charge is 2.25. The number of benzene rings is 1. The molecule has 1 aliphatic rings. The summed E-state index contributed by atoms with van der Waals surface area (Å²) in [5.41, 5.74) is 0.963. The molecule has 0 bridgehead atoms. The van der Waals surface area contributed by atoms with Gasteiger partial charge in [0, 0.05) is 12.6 Å². The highest BCUT2D eigenvalue weighted by Crippen LogP contribution is 2.23. The third kappa shape index (κ3) is 6.36. The minimum Gasteiger partial charge on any atom is -0.497 e. The molecule has 0 spiro atoms. The Morgan fingerprint density at radius 3 is 2.19 bits per heavy atom. The van der Waals surface area contributed by atoms with Gasteiger partial charge in [-0.1, -0.05) is 44.2 Å². The van der Waals surface area contributed by atoms with Crippen molar-refractivity contribution >= 4 is 11.9 Å². The molecular formula is C21H31NO4. The van der Waals surface area contributed by atoms with Crippen LogP contribution in [0.4, 0.5) is 0 Å². The highest BCUT2D eigenvalue weighted by molar-refractivity contribution is 5.80. The molecule has 0 aliphatic heterocycles. The van der Waals surface area contributed by atoms with E-state index < -0.39 is 0 Å². The molecule has 5 heteroatoms. The van der Waals surface area contributed by atoms with Gasteiger partial charge in [-0.05, 0) is 30.5 Å². The normalized spacial score (nSPS) is 15.6. The predicted molar refractivity (Wildman–Crippen MR) is 101 cm³/mol. The molecule has 0 unspecified atom stereocenters. The van der Waals surface area contributed by atoms with Gasteiger partial charge in [0.05, 0.1) is 27.1 Å². The van der Waals surface area contributed by atoms with Crippen LogP contribution in [0.15, 0.2) is 24.3 Å². The fourth-order valence-electron chi connectivity index (χ4n) is 3.59. The summed E-state index contributed by atoms with van der Waals surface area (Å²) in [7, 11) is 3.02. The number of ether oxygens (including phenoxy) is 2. The lowest BCUT2D eigenvalue weighted by atomic mass is 9.95. The Kier molecular flexibility index (Phi) is 8.45. The number of nitrogens with zero attached hydrogens (tertiary/aromatic N) is 1. The van der Waals surface area contributed by atoms with Gasteiger partial charge in [0.15, 0.2) is 0 Å². The zero-order chi connectivity index (χ0) is 18.8. The number of methoxy groups -OCH3 is 2. The van der Waals surface area contributed by atoms with Crippen molar-refractivity contribution < 1.29 is 19.1 Å². The molecule has 1 aromatic rings. The van der Waals surface area contributed by atoms with Gasteiger partial charge >= 0.3 is 5.97 Å². The van der Waals surface area contributed by atoms with E-state index in [1.54, 1.807) is 7.11 Å².